The minimum atomic E-state index is -0.833. The van der Waals surface area contributed by atoms with Gasteiger partial charge in [-0.25, -0.2) is 4.79 Å². The van der Waals surface area contributed by atoms with Gasteiger partial charge in [0.05, 0.1) is 6.04 Å². The summed E-state index contributed by atoms with van der Waals surface area (Å²) >= 11 is 0. The number of carbonyl (C=O) groups excluding carboxylic acids is 1. The number of carboxylic acids is 1. The molecule has 0 aliphatic rings. The number of hydrogen-bond donors (Lipinski definition) is 3. The largest absolute Gasteiger partial charge is 0.481 e. The van der Waals surface area contributed by atoms with Crippen molar-refractivity contribution < 1.29 is 24.0 Å². The molecule has 1 atom stereocenters. The Hall–Kier alpha value is -3.72. The van der Waals surface area contributed by atoms with Crippen LogP contribution in [-0.2, 0) is 16.0 Å². The number of unbranched alkanes of at least 4 members (excludes halogenated alkanes) is 1. The standard InChI is InChI=1S/C25H32N4O3.C2H4O2/c1-25(2,3)31-24(30)27-16-8-7-11-21(26)23-28-22(29-32-23)17-18-12-14-20(15-13-18)19-9-5-4-6-10-19;1-2(3)4/h4-6,9-10,12-15,21H,7-8,11,16-17,26H2,1-3H3,(H,27,30);1H3,(H,3,4). The summed E-state index contributed by atoms with van der Waals surface area (Å²) in [6, 6.07) is 18.3. The van der Waals surface area contributed by atoms with Crippen molar-refractivity contribution in [1.29, 1.82) is 0 Å². The van der Waals surface area contributed by atoms with Gasteiger partial charge in [-0.05, 0) is 56.7 Å². The number of aromatic nitrogens is 2. The molecule has 0 fully saturated rings. The van der Waals surface area contributed by atoms with Gasteiger partial charge in [0.25, 0.3) is 5.97 Å². The van der Waals surface area contributed by atoms with E-state index in [0.29, 0.717) is 31.1 Å². The van der Waals surface area contributed by atoms with E-state index >= 15 is 0 Å². The van der Waals surface area contributed by atoms with Gasteiger partial charge in [-0.2, -0.15) is 4.98 Å². The number of rotatable bonds is 9. The second-order valence-corrected chi connectivity index (χ2v) is 9.34. The Bertz CT molecular complexity index is 1070. The first-order valence-corrected chi connectivity index (χ1v) is 11.9. The second kappa shape index (κ2) is 14.0. The first kappa shape index (κ1) is 28.5. The fourth-order valence-corrected chi connectivity index (χ4v) is 3.24. The third-order valence-electron chi connectivity index (χ3n) is 4.83. The molecule has 0 saturated carbocycles. The number of carboxylic acid groups (broad SMARTS) is 1. The number of alkyl carbamates (subject to hydrolysis) is 1. The van der Waals surface area contributed by atoms with Crippen LogP contribution in [0.25, 0.3) is 11.1 Å². The smallest absolute Gasteiger partial charge is 0.407 e. The van der Waals surface area contributed by atoms with E-state index in [4.69, 9.17) is 24.9 Å². The molecule has 194 valence electrons. The first-order valence-electron chi connectivity index (χ1n) is 11.9. The van der Waals surface area contributed by atoms with Gasteiger partial charge in [0, 0.05) is 19.9 Å². The minimum Gasteiger partial charge on any atom is -0.481 e. The molecule has 4 N–H and O–H groups in total. The fraction of sp³-hybridized carbons (Fsp3) is 0.407. The fourth-order valence-electron chi connectivity index (χ4n) is 3.24. The molecule has 3 rings (SSSR count). The highest BCUT2D eigenvalue weighted by Crippen LogP contribution is 2.21. The maximum absolute atomic E-state index is 11.6. The number of aliphatic carboxylic acids is 1. The predicted molar refractivity (Wildman–Crippen MR) is 137 cm³/mol. The highest BCUT2D eigenvalue weighted by atomic mass is 16.6. The lowest BCUT2D eigenvalue weighted by atomic mass is 10.0. The number of nitrogens with one attached hydrogen (secondary N) is 1. The maximum atomic E-state index is 11.6. The van der Waals surface area contributed by atoms with Crippen LogP contribution < -0.4 is 11.1 Å². The predicted octanol–water partition coefficient (Wildman–Crippen LogP) is 5.11. The Labute approximate surface area is 212 Å². The van der Waals surface area contributed by atoms with E-state index in [1.54, 1.807) is 0 Å². The molecule has 3 aromatic rings. The Morgan fingerprint density at radius 3 is 2.28 bits per heavy atom. The molecular formula is C27H36N4O5. The molecule has 1 heterocycles. The van der Waals surface area contributed by atoms with Gasteiger partial charge in [0.15, 0.2) is 5.82 Å². The molecular weight excluding hydrogens is 460 g/mol. The monoisotopic (exact) mass is 496 g/mol. The van der Waals surface area contributed by atoms with Gasteiger partial charge in [-0.1, -0.05) is 59.8 Å². The van der Waals surface area contributed by atoms with Crippen LogP contribution in [-0.4, -0.2) is 39.5 Å². The van der Waals surface area contributed by atoms with E-state index in [-0.39, 0.29) is 6.04 Å². The molecule has 1 aromatic heterocycles. The van der Waals surface area contributed by atoms with Crippen LogP contribution >= 0.6 is 0 Å². The van der Waals surface area contributed by atoms with E-state index in [1.165, 1.54) is 11.1 Å². The number of benzene rings is 2. The summed E-state index contributed by atoms with van der Waals surface area (Å²) in [4.78, 5) is 25.1. The lowest BCUT2D eigenvalue weighted by Gasteiger charge is -2.19. The topological polar surface area (TPSA) is 141 Å². The zero-order valence-corrected chi connectivity index (χ0v) is 21.4. The average Bonchev–Trinajstić information content (AvgIpc) is 3.27. The summed E-state index contributed by atoms with van der Waals surface area (Å²) < 4.78 is 10.6. The van der Waals surface area contributed by atoms with Crippen molar-refractivity contribution in [3.63, 3.8) is 0 Å². The lowest BCUT2D eigenvalue weighted by molar-refractivity contribution is -0.134. The van der Waals surface area contributed by atoms with Gasteiger partial charge in [-0.15, -0.1) is 0 Å². The molecule has 0 spiro atoms. The number of nitrogens with zero attached hydrogens (tertiary/aromatic N) is 2. The summed E-state index contributed by atoms with van der Waals surface area (Å²) in [6.45, 7) is 7.13. The summed E-state index contributed by atoms with van der Waals surface area (Å²) in [5.74, 6) is 0.232. The Balaban J connectivity index is 0.00000106. The van der Waals surface area contributed by atoms with Crippen LogP contribution in [0.4, 0.5) is 4.79 Å². The quantitative estimate of drug-likeness (QED) is 0.347. The van der Waals surface area contributed by atoms with Crippen molar-refractivity contribution in [2.24, 2.45) is 5.73 Å². The summed E-state index contributed by atoms with van der Waals surface area (Å²) in [5, 5.41) is 14.2. The van der Waals surface area contributed by atoms with Crippen LogP contribution in [0.2, 0.25) is 0 Å². The third-order valence-corrected chi connectivity index (χ3v) is 4.83. The van der Waals surface area contributed by atoms with Crippen LogP contribution in [0.3, 0.4) is 0 Å². The van der Waals surface area contributed by atoms with Crippen molar-refractivity contribution in [2.75, 3.05) is 6.54 Å². The molecule has 0 bridgehead atoms. The molecule has 0 aliphatic carbocycles. The molecule has 9 nitrogen and oxygen atoms in total. The van der Waals surface area contributed by atoms with Gasteiger partial charge in [0.1, 0.15) is 5.60 Å². The van der Waals surface area contributed by atoms with Crippen molar-refractivity contribution >= 4 is 12.1 Å². The maximum Gasteiger partial charge on any atom is 0.407 e. The van der Waals surface area contributed by atoms with Gasteiger partial charge >= 0.3 is 6.09 Å². The van der Waals surface area contributed by atoms with Gasteiger partial charge in [0.2, 0.25) is 5.89 Å². The zero-order chi connectivity index (χ0) is 26.6. The van der Waals surface area contributed by atoms with Gasteiger partial charge in [-0.3, -0.25) is 4.79 Å². The van der Waals surface area contributed by atoms with Crippen LogP contribution in [0, 0.1) is 0 Å². The number of carbonyl (C=O) groups is 2. The van der Waals surface area contributed by atoms with Crippen LogP contribution in [0.15, 0.2) is 59.1 Å². The summed E-state index contributed by atoms with van der Waals surface area (Å²) in [7, 11) is 0. The minimum absolute atomic E-state index is 0.321. The molecule has 0 radical (unpaired) electrons. The summed E-state index contributed by atoms with van der Waals surface area (Å²) in [6.07, 6.45) is 2.51. The molecule has 0 aliphatic heterocycles. The summed E-state index contributed by atoms with van der Waals surface area (Å²) in [5.41, 5.74) is 9.18. The molecule has 36 heavy (non-hydrogen) atoms. The number of amides is 1. The van der Waals surface area contributed by atoms with E-state index in [1.807, 2.05) is 39.0 Å². The number of ether oxygens (including phenoxy) is 1. The third kappa shape index (κ3) is 11.1. The first-order chi connectivity index (χ1) is 17.0. The normalized spacial score (nSPS) is 11.7. The van der Waals surface area contributed by atoms with Crippen molar-refractivity contribution in [2.45, 2.75) is 65.0 Å². The Kier molecular flexibility index (Phi) is 11.1. The van der Waals surface area contributed by atoms with Crippen LogP contribution in [0.5, 0.6) is 0 Å². The molecule has 2 aromatic carbocycles. The zero-order valence-electron chi connectivity index (χ0n) is 21.4. The number of nitrogens with two attached hydrogens (primary N) is 1. The van der Waals surface area contributed by atoms with E-state index in [0.717, 1.165) is 25.3 Å². The van der Waals surface area contributed by atoms with E-state index in [9.17, 15) is 4.79 Å². The van der Waals surface area contributed by atoms with Gasteiger partial charge < -0.3 is 25.4 Å². The molecule has 1 unspecified atom stereocenters. The highest BCUT2D eigenvalue weighted by Gasteiger charge is 2.17. The second-order valence-electron chi connectivity index (χ2n) is 9.34. The van der Waals surface area contributed by atoms with E-state index < -0.39 is 17.7 Å². The van der Waals surface area contributed by atoms with Crippen molar-refractivity contribution in [1.82, 2.24) is 15.5 Å². The number of hydrogen-bond acceptors (Lipinski definition) is 7. The van der Waals surface area contributed by atoms with Crippen molar-refractivity contribution in [3.05, 3.63) is 71.9 Å². The average molecular weight is 497 g/mol. The molecule has 9 heteroatoms. The lowest BCUT2D eigenvalue weighted by Crippen LogP contribution is -2.33. The Morgan fingerprint density at radius 1 is 1.06 bits per heavy atom. The highest BCUT2D eigenvalue weighted by molar-refractivity contribution is 5.67. The SMILES string of the molecule is CC(=O)O.CC(C)(C)OC(=O)NCCCCC(N)c1nc(Cc2ccc(-c3ccccc3)cc2)no1. The van der Waals surface area contributed by atoms with Crippen molar-refractivity contribution in [3.8, 4) is 11.1 Å². The van der Waals surface area contributed by atoms with E-state index in [2.05, 4.69) is 51.9 Å². The molecule has 0 saturated heterocycles. The molecule has 1 amide bonds. The Morgan fingerprint density at radius 2 is 1.67 bits per heavy atom. The van der Waals surface area contributed by atoms with Crippen LogP contribution in [0.1, 0.15) is 70.3 Å².